The van der Waals surface area contributed by atoms with E-state index in [-0.39, 0.29) is 39.8 Å². The summed E-state index contributed by atoms with van der Waals surface area (Å²) in [6.45, 7) is -0.818. The molecule has 18 heteroatoms. The van der Waals surface area contributed by atoms with Crippen molar-refractivity contribution in [2.24, 2.45) is 0 Å². The molecule has 1 saturated heterocycles. The highest BCUT2D eigenvalue weighted by Crippen LogP contribution is 2.25. The molecule has 0 spiro atoms. The van der Waals surface area contributed by atoms with Crippen LogP contribution in [0.2, 0.25) is 10.0 Å². The van der Waals surface area contributed by atoms with Gasteiger partial charge in [-0.1, -0.05) is 23.2 Å². The average Bonchev–Trinajstić information content (AvgIpc) is 3.68. The second kappa shape index (κ2) is 12.1. The van der Waals surface area contributed by atoms with E-state index in [9.17, 15) is 32.7 Å². The fourth-order valence-corrected chi connectivity index (χ4v) is 4.76. The summed E-state index contributed by atoms with van der Waals surface area (Å²) in [5.41, 5.74) is -0.534. The van der Waals surface area contributed by atoms with Crippen LogP contribution in [-0.2, 0) is 17.9 Å². The fourth-order valence-electron chi connectivity index (χ4n) is 4.44. The van der Waals surface area contributed by atoms with Gasteiger partial charge in [-0.2, -0.15) is 13.2 Å². The smallest absolute Gasteiger partial charge is 0.382 e. The first-order chi connectivity index (χ1) is 20.4. The van der Waals surface area contributed by atoms with Crippen LogP contribution in [-0.4, -0.2) is 87.8 Å². The molecule has 0 bridgehead atoms. The molecule has 2 amide bonds. The first-order valence-electron chi connectivity index (χ1n) is 12.7. The summed E-state index contributed by atoms with van der Waals surface area (Å²) in [5.74, 6) is -1.13. The molecule has 0 saturated carbocycles. The molecule has 1 aromatic carbocycles. The molecule has 1 fully saturated rings. The van der Waals surface area contributed by atoms with Crippen molar-refractivity contribution in [3.05, 3.63) is 74.9 Å². The summed E-state index contributed by atoms with van der Waals surface area (Å²) in [4.78, 5) is 47.5. The Morgan fingerprint density at radius 1 is 1.19 bits per heavy atom. The molecule has 0 aliphatic carbocycles. The number of aliphatic hydroxyl groups excluding tert-OH is 1. The molecule has 1 aliphatic rings. The molecule has 4 heterocycles. The Morgan fingerprint density at radius 2 is 1.93 bits per heavy atom. The van der Waals surface area contributed by atoms with Gasteiger partial charge >= 0.3 is 11.9 Å². The number of nitrogens with one attached hydrogen (secondary N) is 1. The van der Waals surface area contributed by atoms with E-state index in [4.69, 9.17) is 23.2 Å². The van der Waals surface area contributed by atoms with E-state index >= 15 is 0 Å². The maximum absolute atomic E-state index is 13.3. The Labute approximate surface area is 250 Å². The number of aliphatic hydroxyl groups is 1. The van der Waals surface area contributed by atoms with Crippen LogP contribution in [0.1, 0.15) is 22.9 Å². The molecule has 43 heavy (non-hydrogen) atoms. The predicted octanol–water partition coefficient (Wildman–Crippen LogP) is 1.93. The number of carbonyl (C=O) groups excluding carboxylic acids is 2. The Hall–Kier alpha value is -4.28. The predicted molar refractivity (Wildman–Crippen MR) is 146 cm³/mol. The number of alkyl halides is 3. The second-order valence-electron chi connectivity index (χ2n) is 9.59. The Bertz CT molecular complexity index is 1710. The van der Waals surface area contributed by atoms with E-state index in [0.717, 1.165) is 9.36 Å². The van der Waals surface area contributed by atoms with Crippen molar-refractivity contribution in [2.45, 2.75) is 37.8 Å². The number of rotatable bonds is 9. The maximum Gasteiger partial charge on any atom is 0.416 e. The van der Waals surface area contributed by atoms with Crippen LogP contribution in [0, 0.1) is 0 Å². The van der Waals surface area contributed by atoms with Gasteiger partial charge < -0.3 is 15.3 Å². The number of hydrogen-bond acceptors (Lipinski definition) is 8. The number of pyridine rings is 1. The highest BCUT2D eigenvalue weighted by molar-refractivity contribution is 6.32. The van der Waals surface area contributed by atoms with Crippen molar-refractivity contribution in [2.75, 3.05) is 13.1 Å². The molecular weight excluding hydrogens is 618 g/mol. The summed E-state index contributed by atoms with van der Waals surface area (Å²) in [7, 11) is 0. The van der Waals surface area contributed by atoms with Gasteiger partial charge in [-0.3, -0.25) is 19.1 Å². The lowest BCUT2D eigenvalue weighted by atomic mass is 10.2. The zero-order valence-electron chi connectivity index (χ0n) is 21.9. The quantitative estimate of drug-likeness (QED) is 0.264. The van der Waals surface area contributed by atoms with Crippen molar-refractivity contribution in [3.8, 4) is 17.1 Å². The fraction of sp³-hybridized carbons (Fsp3) is 0.320. The van der Waals surface area contributed by atoms with Crippen LogP contribution in [0.4, 0.5) is 13.2 Å². The van der Waals surface area contributed by atoms with Crippen molar-refractivity contribution in [3.63, 3.8) is 0 Å². The van der Waals surface area contributed by atoms with Gasteiger partial charge in [-0.05, 0) is 36.8 Å². The molecule has 1 aliphatic heterocycles. The molecular formula is C25H22Cl2F3N9O4. The lowest BCUT2D eigenvalue weighted by Gasteiger charge is -2.15. The standard InChI is InChI=1S/C25H22Cl2F3N9O4/c26-15-3-1-14(2-4-15)21-35-38(24(43)37(21)11-19(41)25(28,29)30)12-20-33-22(23(42)32-16-6-8-36(10-16)13-40)39(34-20)18-9-31-7-5-17(18)27/h1-5,7,9,13,16,19,41H,6,8,10-12H2,(H,32,42). The van der Waals surface area contributed by atoms with Crippen molar-refractivity contribution >= 4 is 35.5 Å². The zero-order valence-corrected chi connectivity index (χ0v) is 23.5. The van der Waals surface area contributed by atoms with Gasteiger partial charge in [-0.15, -0.1) is 10.2 Å². The Balaban J connectivity index is 1.53. The Morgan fingerprint density at radius 3 is 2.58 bits per heavy atom. The van der Waals surface area contributed by atoms with E-state index < -0.39 is 37.0 Å². The zero-order chi connectivity index (χ0) is 30.9. The molecule has 2 atom stereocenters. The third-order valence-electron chi connectivity index (χ3n) is 6.58. The van der Waals surface area contributed by atoms with E-state index in [1.165, 1.54) is 47.6 Å². The molecule has 4 aromatic rings. The summed E-state index contributed by atoms with van der Waals surface area (Å²) < 4.78 is 42.2. The summed E-state index contributed by atoms with van der Waals surface area (Å²) in [5, 5.41) is 21.6. The number of aromatic nitrogens is 7. The van der Waals surface area contributed by atoms with Gasteiger partial charge in [0.2, 0.25) is 12.2 Å². The molecule has 2 unspecified atom stereocenters. The van der Waals surface area contributed by atoms with Gasteiger partial charge in [0.15, 0.2) is 17.8 Å². The van der Waals surface area contributed by atoms with Crippen LogP contribution in [0.15, 0.2) is 47.5 Å². The Kier molecular flexibility index (Phi) is 8.52. The van der Waals surface area contributed by atoms with Gasteiger partial charge in [0, 0.05) is 35.9 Å². The van der Waals surface area contributed by atoms with Crippen LogP contribution in [0.25, 0.3) is 17.1 Å². The lowest BCUT2D eigenvalue weighted by molar-refractivity contribution is -0.207. The van der Waals surface area contributed by atoms with Gasteiger partial charge in [0.25, 0.3) is 5.91 Å². The topological polar surface area (TPSA) is 153 Å². The van der Waals surface area contributed by atoms with E-state index in [1.807, 2.05) is 0 Å². The number of likely N-dealkylation sites (tertiary alicyclic amines) is 1. The molecule has 0 radical (unpaired) electrons. The van der Waals surface area contributed by atoms with Gasteiger partial charge in [-0.25, -0.2) is 19.1 Å². The van der Waals surface area contributed by atoms with Crippen molar-refractivity contribution in [1.82, 2.24) is 44.3 Å². The lowest BCUT2D eigenvalue weighted by Crippen LogP contribution is -2.38. The van der Waals surface area contributed by atoms with Crippen molar-refractivity contribution in [1.29, 1.82) is 0 Å². The number of nitrogens with zero attached hydrogens (tertiary/aromatic N) is 8. The van der Waals surface area contributed by atoms with Gasteiger partial charge in [0.05, 0.1) is 17.8 Å². The molecule has 13 nitrogen and oxygen atoms in total. The van der Waals surface area contributed by atoms with Crippen LogP contribution >= 0.6 is 23.2 Å². The summed E-state index contributed by atoms with van der Waals surface area (Å²) in [6, 6.07) is 6.97. The third-order valence-corrected chi connectivity index (χ3v) is 7.16. The average molecular weight is 640 g/mol. The minimum atomic E-state index is -4.99. The largest absolute Gasteiger partial charge is 0.416 e. The minimum Gasteiger partial charge on any atom is -0.382 e. The summed E-state index contributed by atoms with van der Waals surface area (Å²) in [6.07, 6.45) is -3.87. The second-order valence-corrected chi connectivity index (χ2v) is 10.4. The first-order valence-corrected chi connectivity index (χ1v) is 13.4. The highest BCUT2D eigenvalue weighted by Gasteiger charge is 2.39. The van der Waals surface area contributed by atoms with Crippen LogP contribution in [0.3, 0.4) is 0 Å². The first kappa shape index (κ1) is 30.2. The molecule has 2 N–H and O–H groups in total. The van der Waals surface area contributed by atoms with E-state index in [1.54, 1.807) is 0 Å². The maximum atomic E-state index is 13.3. The third kappa shape index (κ3) is 6.55. The highest BCUT2D eigenvalue weighted by atomic mass is 35.5. The number of carbonyl (C=O) groups is 2. The molecule has 5 rings (SSSR count). The van der Waals surface area contributed by atoms with E-state index in [0.29, 0.717) is 35.5 Å². The van der Waals surface area contributed by atoms with Gasteiger partial charge in [0.1, 0.15) is 12.2 Å². The van der Waals surface area contributed by atoms with Crippen LogP contribution in [0.5, 0.6) is 0 Å². The number of hydrogen-bond donors (Lipinski definition) is 2. The van der Waals surface area contributed by atoms with E-state index in [2.05, 4.69) is 25.5 Å². The normalized spacial score (nSPS) is 16.0. The monoisotopic (exact) mass is 639 g/mol. The van der Waals surface area contributed by atoms with Crippen LogP contribution < -0.4 is 11.0 Å². The summed E-state index contributed by atoms with van der Waals surface area (Å²) >= 11 is 12.3. The molecule has 3 aromatic heterocycles. The number of halogens is 5. The minimum absolute atomic E-state index is 0.100. The van der Waals surface area contributed by atoms with Crippen molar-refractivity contribution < 1.29 is 27.9 Å². The number of amides is 2. The SMILES string of the molecule is O=CN1CCC(NC(=O)c2nc(Cn3nc(-c4ccc(Cl)cc4)n(CC(O)C(F)(F)F)c3=O)nn2-c2cnccc2Cl)C1. The molecule has 226 valence electrons. The number of benzene rings is 1.